The van der Waals surface area contributed by atoms with Crippen LogP contribution in [0.2, 0.25) is 0 Å². The Morgan fingerprint density at radius 2 is 2.27 bits per heavy atom. The third-order valence-corrected chi connectivity index (χ3v) is 5.01. The van der Waals surface area contributed by atoms with E-state index in [1.165, 1.54) is 10.6 Å². The van der Waals surface area contributed by atoms with Crippen molar-refractivity contribution in [3.63, 3.8) is 0 Å². The molecule has 0 bridgehead atoms. The van der Waals surface area contributed by atoms with E-state index in [0.717, 1.165) is 36.5 Å². The number of amides is 1. The molecule has 5 nitrogen and oxygen atoms in total. The molecule has 0 radical (unpaired) electrons. The summed E-state index contributed by atoms with van der Waals surface area (Å²) in [4.78, 5) is 30.9. The first-order valence-corrected chi connectivity index (χ1v) is 8.40. The number of aromatic nitrogens is 2. The van der Waals surface area contributed by atoms with Gasteiger partial charge in [0.05, 0.1) is 6.04 Å². The van der Waals surface area contributed by atoms with Crippen molar-refractivity contribution in [2.75, 3.05) is 6.54 Å². The van der Waals surface area contributed by atoms with E-state index in [9.17, 15) is 9.59 Å². The fourth-order valence-corrected chi connectivity index (χ4v) is 3.78. The Labute approximate surface area is 133 Å². The quantitative estimate of drug-likeness (QED) is 0.873. The molecule has 1 saturated heterocycles. The molecule has 3 rings (SSSR count). The van der Waals surface area contributed by atoms with Crippen LogP contribution in [-0.2, 0) is 11.3 Å². The largest absolute Gasteiger partial charge is 0.332 e. The maximum atomic E-state index is 12.7. The number of carbonyl (C=O) groups is 1. The van der Waals surface area contributed by atoms with Crippen molar-refractivity contribution in [3.8, 4) is 0 Å². The molecular weight excluding hydrogens is 298 g/mol. The molecule has 116 valence electrons. The highest BCUT2D eigenvalue weighted by Gasteiger charge is 2.29. The van der Waals surface area contributed by atoms with Crippen molar-refractivity contribution in [1.29, 1.82) is 0 Å². The first-order valence-electron chi connectivity index (χ1n) is 7.52. The van der Waals surface area contributed by atoms with Gasteiger partial charge in [-0.1, -0.05) is 6.07 Å². The van der Waals surface area contributed by atoms with E-state index >= 15 is 0 Å². The summed E-state index contributed by atoms with van der Waals surface area (Å²) in [7, 11) is 0. The highest BCUT2D eigenvalue weighted by molar-refractivity contribution is 7.09. The van der Waals surface area contributed by atoms with Crippen LogP contribution in [0.3, 0.4) is 0 Å². The second kappa shape index (κ2) is 6.44. The minimum Gasteiger partial charge on any atom is -0.332 e. The van der Waals surface area contributed by atoms with Crippen LogP contribution in [0, 0.1) is 6.92 Å². The van der Waals surface area contributed by atoms with Gasteiger partial charge in [-0.05, 0) is 32.3 Å². The summed E-state index contributed by atoms with van der Waals surface area (Å²) in [6.45, 7) is 2.81. The predicted octanol–water partition coefficient (Wildman–Crippen LogP) is 2.37. The van der Waals surface area contributed by atoms with Crippen LogP contribution in [0.1, 0.15) is 36.0 Å². The van der Waals surface area contributed by atoms with Gasteiger partial charge in [-0.2, -0.15) is 0 Å². The lowest BCUT2D eigenvalue weighted by Gasteiger charge is -2.34. The highest BCUT2D eigenvalue weighted by Crippen LogP contribution is 2.32. The smallest absolute Gasteiger partial charge is 0.250 e. The number of carbonyl (C=O) groups excluding carboxylic acids is 1. The molecule has 1 aliphatic rings. The van der Waals surface area contributed by atoms with Gasteiger partial charge in [-0.25, -0.2) is 4.98 Å². The molecular formula is C16H19N3O2S. The number of hydrogen-bond donors (Lipinski definition) is 0. The van der Waals surface area contributed by atoms with Crippen molar-refractivity contribution < 1.29 is 4.79 Å². The SMILES string of the molecule is Cc1csc([C@H]2CCCCN2C(=O)Cn2ccccc2=O)n1. The van der Waals surface area contributed by atoms with Crippen LogP contribution >= 0.6 is 11.3 Å². The summed E-state index contributed by atoms with van der Waals surface area (Å²) in [5.74, 6) is -0.00847. The van der Waals surface area contributed by atoms with E-state index in [4.69, 9.17) is 0 Å². The van der Waals surface area contributed by atoms with E-state index < -0.39 is 0 Å². The van der Waals surface area contributed by atoms with Gasteiger partial charge in [0, 0.05) is 29.9 Å². The maximum Gasteiger partial charge on any atom is 0.250 e. The first kappa shape index (κ1) is 15.0. The Balaban J connectivity index is 1.80. The standard InChI is InChI=1S/C16H19N3O2S/c1-12-11-22-16(17-12)13-6-2-5-9-19(13)15(21)10-18-8-4-3-7-14(18)20/h3-4,7-8,11,13H,2,5-6,9-10H2,1H3/t13-/m1/s1. The molecule has 2 aromatic heterocycles. The number of aryl methyl sites for hydroxylation is 1. The van der Waals surface area contributed by atoms with Gasteiger partial charge in [0.2, 0.25) is 5.91 Å². The lowest BCUT2D eigenvalue weighted by Crippen LogP contribution is -2.41. The summed E-state index contributed by atoms with van der Waals surface area (Å²) in [5.41, 5.74) is 0.853. The van der Waals surface area contributed by atoms with Crippen LogP contribution < -0.4 is 5.56 Å². The van der Waals surface area contributed by atoms with Gasteiger partial charge in [0.15, 0.2) is 0 Å². The number of piperidine rings is 1. The zero-order chi connectivity index (χ0) is 15.5. The Bertz CT molecular complexity index is 722. The van der Waals surface area contributed by atoms with Crippen LogP contribution in [0.15, 0.2) is 34.6 Å². The van der Waals surface area contributed by atoms with Gasteiger partial charge in [0.25, 0.3) is 5.56 Å². The Kier molecular flexibility index (Phi) is 4.38. The zero-order valence-corrected chi connectivity index (χ0v) is 13.4. The van der Waals surface area contributed by atoms with Crippen LogP contribution in [0.25, 0.3) is 0 Å². The Hall–Kier alpha value is -1.95. The normalized spacial score (nSPS) is 18.4. The Morgan fingerprint density at radius 1 is 1.41 bits per heavy atom. The monoisotopic (exact) mass is 317 g/mol. The molecule has 3 heterocycles. The fraction of sp³-hybridized carbons (Fsp3) is 0.438. The van der Waals surface area contributed by atoms with E-state index in [-0.39, 0.29) is 24.1 Å². The molecule has 0 saturated carbocycles. The molecule has 1 aliphatic heterocycles. The lowest BCUT2D eigenvalue weighted by molar-refractivity contribution is -0.135. The molecule has 0 spiro atoms. The number of hydrogen-bond acceptors (Lipinski definition) is 4. The highest BCUT2D eigenvalue weighted by atomic mass is 32.1. The Morgan fingerprint density at radius 3 is 3.00 bits per heavy atom. The van der Waals surface area contributed by atoms with Crippen LogP contribution in [0.5, 0.6) is 0 Å². The average Bonchev–Trinajstić information content (AvgIpc) is 2.96. The van der Waals surface area contributed by atoms with Crippen LogP contribution in [0.4, 0.5) is 0 Å². The molecule has 0 N–H and O–H groups in total. The summed E-state index contributed by atoms with van der Waals surface area (Å²) in [6.07, 6.45) is 4.73. The van der Waals surface area contributed by atoms with Crippen molar-refractivity contribution in [2.24, 2.45) is 0 Å². The van der Waals surface area contributed by atoms with E-state index in [1.54, 1.807) is 29.7 Å². The molecule has 0 aromatic carbocycles. The van der Waals surface area contributed by atoms with Gasteiger partial charge in [0.1, 0.15) is 11.6 Å². The third kappa shape index (κ3) is 3.11. The average molecular weight is 317 g/mol. The zero-order valence-electron chi connectivity index (χ0n) is 12.6. The lowest BCUT2D eigenvalue weighted by atomic mass is 10.0. The van der Waals surface area contributed by atoms with E-state index in [2.05, 4.69) is 4.98 Å². The molecule has 0 aliphatic carbocycles. The van der Waals surface area contributed by atoms with E-state index in [0.29, 0.717) is 0 Å². The van der Waals surface area contributed by atoms with E-state index in [1.807, 2.05) is 17.2 Å². The number of rotatable bonds is 3. The molecule has 6 heteroatoms. The fourth-order valence-electron chi connectivity index (χ4n) is 2.84. The minimum atomic E-state index is -0.144. The second-order valence-corrected chi connectivity index (χ2v) is 6.48. The summed E-state index contributed by atoms with van der Waals surface area (Å²) in [5, 5.41) is 3.03. The van der Waals surface area contributed by atoms with Gasteiger partial charge in [-0.3, -0.25) is 9.59 Å². The van der Waals surface area contributed by atoms with Crippen molar-refractivity contribution >= 4 is 17.2 Å². The third-order valence-electron chi connectivity index (χ3n) is 3.95. The number of pyridine rings is 1. The summed E-state index contributed by atoms with van der Waals surface area (Å²) in [6, 6.07) is 4.99. The summed E-state index contributed by atoms with van der Waals surface area (Å²) >= 11 is 1.61. The molecule has 22 heavy (non-hydrogen) atoms. The summed E-state index contributed by atoms with van der Waals surface area (Å²) < 4.78 is 1.46. The number of thiazole rings is 1. The minimum absolute atomic E-state index is 0.00847. The van der Waals surface area contributed by atoms with Crippen molar-refractivity contribution in [1.82, 2.24) is 14.5 Å². The van der Waals surface area contributed by atoms with Gasteiger partial charge >= 0.3 is 0 Å². The molecule has 0 unspecified atom stereocenters. The van der Waals surface area contributed by atoms with Crippen molar-refractivity contribution in [2.45, 2.75) is 38.8 Å². The number of likely N-dealkylation sites (tertiary alicyclic amines) is 1. The van der Waals surface area contributed by atoms with Crippen molar-refractivity contribution in [3.05, 3.63) is 50.8 Å². The second-order valence-electron chi connectivity index (χ2n) is 5.59. The van der Waals surface area contributed by atoms with Gasteiger partial charge in [-0.15, -0.1) is 11.3 Å². The molecule has 1 fully saturated rings. The van der Waals surface area contributed by atoms with Gasteiger partial charge < -0.3 is 9.47 Å². The molecule has 1 atom stereocenters. The maximum absolute atomic E-state index is 12.7. The van der Waals surface area contributed by atoms with Crippen LogP contribution in [-0.4, -0.2) is 26.9 Å². The molecule has 2 aromatic rings. The predicted molar refractivity (Wildman–Crippen MR) is 85.9 cm³/mol. The number of nitrogens with zero attached hydrogens (tertiary/aromatic N) is 3. The topological polar surface area (TPSA) is 55.2 Å². The molecule has 1 amide bonds. The first-order chi connectivity index (χ1) is 10.6.